The van der Waals surface area contributed by atoms with Gasteiger partial charge in [0.05, 0.1) is 47.2 Å². The number of rotatable bonds is 6. The summed E-state index contributed by atoms with van der Waals surface area (Å²) in [5.74, 6) is 1.85. The summed E-state index contributed by atoms with van der Waals surface area (Å²) in [6.45, 7) is 0.365. The molecule has 0 aliphatic carbocycles. The summed E-state index contributed by atoms with van der Waals surface area (Å²) in [6, 6.07) is 8.32. The van der Waals surface area contributed by atoms with Crippen LogP contribution in [0.25, 0.3) is 12.2 Å². The number of ketones is 1. The molecule has 1 N–H and O–H groups in total. The summed E-state index contributed by atoms with van der Waals surface area (Å²) in [6.07, 6.45) is 3.43. The zero-order chi connectivity index (χ0) is 21.7. The maximum Gasteiger partial charge on any atom is 0.189 e. The van der Waals surface area contributed by atoms with Gasteiger partial charge in [0.25, 0.3) is 0 Å². The third-order valence-electron chi connectivity index (χ3n) is 4.71. The summed E-state index contributed by atoms with van der Waals surface area (Å²) >= 11 is 0. The van der Waals surface area contributed by atoms with Gasteiger partial charge in [0.15, 0.2) is 17.3 Å². The average Bonchev–Trinajstić information content (AvgIpc) is 2.77. The van der Waals surface area contributed by atoms with Crippen molar-refractivity contribution >= 4 is 17.9 Å². The minimum atomic E-state index is -0.131. The molecule has 158 valence electrons. The quantitative estimate of drug-likeness (QED) is 0.727. The van der Waals surface area contributed by atoms with Crippen LogP contribution in [0, 0.1) is 0 Å². The van der Waals surface area contributed by atoms with Crippen LogP contribution >= 0.6 is 0 Å². The van der Waals surface area contributed by atoms with Gasteiger partial charge in [-0.1, -0.05) is 6.07 Å². The van der Waals surface area contributed by atoms with E-state index in [0.717, 1.165) is 5.56 Å². The van der Waals surface area contributed by atoms with Crippen LogP contribution in [0.5, 0.6) is 28.7 Å². The first-order valence-corrected chi connectivity index (χ1v) is 9.21. The fraction of sp³-hybridized carbons (Fsp3) is 0.261. The van der Waals surface area contributed by atoms with Gasteiger partial charge in [0.1, 0.15) is 17.2 Å². The SMILES string of the molecule is COc1cc(OC)c(/C=C2\COC/C(=C\c3ccc(O)c(OC)c3)C2=O)c(OC)c1. The highest BCUT2D eigenvalue weighted by atomic mass is 16.5. The number of benzene rings is 2. The lowest BCUT2D eigenvalue weighted by molar-refractivity contribution is -0.114. The Morgan fingerprint density at radius 1 is 0.833 bits per heavy atom. The minimum Gasteiger partial charge on any atom is -0.504 e. The van der Waals surface area contributed by atoms with Gasteiger partial charge in [-0.15, -0.1) is 0 Å². The van der Waals surface area contributed by atoms with Crippen molar-refractivity contribution in [2.24, 2.45) is 0 Å². The third kappa shape index (κ3) is 4.41. The standard InChI is InChI=1S/C23H24O7/c1-26-17-10-20(27-2)18(21(11-17)28-3)9-16-13-30-12-15(23(16)25)7-14-5-6-19(24)22(8-14)29-4/h5-11,24H,12-13H2,1-4H3/b15-7+,16-9+. The van der Waals surface area contributed by atoms with E-state index in [4.69, 9.17) is 23.7 Å². The molecule has 0 spiro atoms. The fourth-order valence-electron chi connectivity index (χ4n) is 3.16. The lowest BCUT2D eigenvalue weighted by Crippen LogP contribution is -2.22. The predicted molar refractivity (Wildman–Crippen MR) is 113 cm³/mol. The van der Waals surface area contributed by atoms with Crippen molar-refractivity contribution in [3.8, 4) is 28.7 Å². The van der Waals surface area contributed by atoms with E-state index in [9.17, 15) is 9.90 Å². The summed E-state index contributed by atoms with van der Waals surface area (Å²) in [5.41, 5.74) is 2.31. The zero-order valence-electron chi connectivity index (χ0n) is 17.4. The maximum absolute atomic E-state index is 13.1. The third-order valence-corrected chi connectivity index (χ3v) is 4.71. The van der Waals surface area contributed by atoms with Crippen LogP contribution in [0.2, 0.25) is 0 Å². The molecular formula is C23H24O7. The molecular weight excluding hydrogens is 388 g/mol. The van der Waals surface area contributed by atoms with Gasteiger partial charge in [-0.3, -0.25) is 4.79 Å². The molecule has 1 aliphatic heterocycles. The Labute approximate surface area is 175 Å². The first kappa shape index (κ1) is 21.3. The van der Waals surface area contributed by atoms with Crippen molar-refractivity contribution in [1.29, 1.82) is 0 Å². The highest BCUT2D eigenvalue weighted by Gasteiger charge is 2.23. The molecule has 1 aliphatic rings. The Hall–Kier alpha value is -3.45. The Morgan fingerprint density at radius 2 is 1.43 bits per heavy atom. The van der Waals surface area contributed by atoms with Crippen molar-refractivity contribution in [3.63, 3.8) is 0 Å². The van der Waals surface area contributed by atoms with E-state index in [2.05, 4.69) is 0 Å². The molecule has 0 aromatic heterocycles. The van der Waals surface area contributed by atoms with Crippen molar-refractivity contribution in [2.75, 3.05) is 41.7 Å². The first-order valence-electron chi connectivity index (χ1n) is 9.21. The van der Waals surface area contributed by atoms with Gasteiger partial charge in [-0.05, 0) is 29.8 Å². The van der Waals surface area contributed by atoms with Gasteiger partial charge in [0.2, 0.25) is 0 Å². The van der Waals surface area contributed by atoms with Crippen LogP contribution < -0.4 is 18.9 Å². The van der Waals surface area contributed by atoms with Crippen LogP contribution in [-0.2, 0) is 9.53 Å². The summed E-state index contributed by atoms with van der Waals surface area (Å²) in [7, 11) is 6.11. The molecule has 1 saturated heterocycles. The molecule has 0 saturated carbocycles. The molecule has 1 heterocycles. The summed E-state index contributed by atoms with van der Waals surface area (Å²) in [4.78, 5) is 13.1. The van der Waals surface area contributed by atoms with E-state index in [1.807, 2.05) is 0 Å². The van der Waals surface area contributed by atoms with E-state index in [-0.39, 0.29) is 24.7 Å². The largest absolute Gasteiger partial charge is 0.504 e. The van der Waals surface area contributed by atoms with Crippen molar-refractivity contribution in [1.82, 2.24) is 0 Å². The molecule has 30 heavy (non-hydrogen) atoms. The summed E-state index contributed by atoms with van der Waals surface area (Å²) in [5, 5.41) is 9.76. The second kappa shape index (κ2) is 9.37. The molecule has 0 atom stereocenters. The number of ether oxygens (including phenoxy) is 5. The van der Waals surface area contributed by atoms with E-state index in [1.165, 1.54) is 13.2 Å². The number of carbonyl (C=O) groups excluding carboxylic acids is 1. The second-order valence-corrected chi connectivity index (χ2v) is 6.54. The van der Waals surface area contributed by atoms with E-state index in [0.29, 0.717) is 39.7 Å². The van der Waals surface area contributed by atoms with Gasteiger partial charge in [-0.2, -0.15) is 0 Å². The smallest absolute Gasteiger partial charge is 0.189 e. The van der Waals surface area contributed by atoms with Crippen LogP contribution in [0.4, 0.5) is 0 Å². The predicted octanol–water partition coefficient (Wildman–Crippen LogP) is 3.49. The topological polar surface area (TPSA) is 83.5 Å². The van der Waals surface area contributed by atoms with Crippen LogP contribution in [0.3, 0.4) is 0 Å². The van der Waals surface area contributed by atoms with Crippen LogP contribution in [-0.4, -0.2) is 52.5 Å². The molecule has 7 nitrogen and oxygen atoms in total. The summed E-state index contributed by atoms with van der Waals surface area (Å²) < 4.78 is 26.9. The number of phenols is 1. The Morgan fingerprint density at radius 3 is 2.00 bits per heavy atom. The average molecular weight is 412 g/mol. The van der Waals surface area contributed by atoms with Crippen molar-refractivity contribution in [3.05, 3.63) is 52.6 Å². The molecule has 3 rings (SSSR count). The molecule has 0 radical (unpaired) electrons. The number of carbonyl (C=O) groups is 1. The van der Waals surface area contributed by atoms with E-state index in [1.54, 1.807) is 57.7 Å². The molecule has 0 amide bonds. The van der Waals surface area contributed by atoms with Crippen molar-refractivity contribution < 1.29 is 33.6 Å². The maximum atomic E-state index is 13.1. The number of hydrogen-bond donors (Lipinski definition) is 1. The normalized spacial score (nSPS) is 16.6. The highest BCUT2D eigenvalue weighted by molar-refractivity contribution is 6.14. The van der Waals surface area contributed by atoms with Gasteiger partial charge < -0.3 is 28.8 Å². The van der Waals surface area contributed by atoms with Gasteiger partial charge >= 0.3 is 0 Å². The first-order chi connectivity index (χ1) is 14.5. The highest BCUT2D eigenvalue weighted by Crippen LogP contribution is 2.36. The van der Waals surface area contributed by atoms with E-state index >= 15 is 0 Å². The van der Waals surface area contributed by atoms with Gasteiger partial charge in [-0.25, -0.2) is 0 Å². The Bertz CT molecular complexity index is 980. The number of aromatic hydroxyl groups is 1. The minimum absolute atomic E-state index is 0.0325. The number of methoxy groups -OCH3 is 4. The zero-order valence-corrected chi connectivity index (χ0v) is 17.4. The molecule has 1 fully saturated rings. The molecule has 0 bridgehead atoms. The van der Waals surface area contributed by atoms with Gasteiger partial charge in [0, 0.05) is 23.3 Å². The molecule has 7 heteroatoms. The number of phenolic OH excluding ortho intramolecular Hbond substituents is 1. The van der Waals surface area contributed by atoms with Crippen LogP contribution in [0.1, 0.15) is 11.1 Å². The Kier molecular flexibility index (Phi) is 6.64. The lowest BCUT2D eigenvalue weighted by atomic mass is 9.97. The molecule has 0 unspecified atom stereocenters. The van der Waals surface area contributed by atoms with E-state index < -0.39 is 0 Å². The second-order valence-electron chi connectivity index (χ2n) is 6.54. The molecule has 2 aromatic carbocycles. The molecule has 2 aromatic rings. The Balaban J connectivity index is 1.99. The number of Topliss-reactive ketones (excluding diaryl/α,β-unsaturated/α-hetero) is 1. The number of hydrogen-bond acceptors (Lipinski definition) is 7. The van der Waals surface area contributed by atoms with Crippen molar-refractivity contribution in [2.45, 2.75) is 0 Å². The monoisotopic (exact) mass is 412 g/mol. The fourth-order valence-corrected chi connectivity index (χ4v) is 3.16. The van der Waals surface area contributed by atoms with Crippen LogP contribution in [0.15, 0.2) is 41.5 Å². The lowest BCUT2D eigenvalue weighted by Gasteiger charge is -2.19.